The van der Waals surface area contributed by atoms with Crippen LogP contribution in [0.5, 0.6) is 0 Å². The maximum absolute atomic E-state index is 13.4. The Morgan fingerprint density at radius 1 is 0.761 bits per heavy atom. The number of urea groups is 1. The van der Waals surface area contributed by atoms with Gasteiger partial charge in [-0.15, -0.1) is 0 Å². The lowest BCUT2D eigenvalue weighted by atomic mass is 10.2. The molecule has 2 aromatic carbocycles. The van der Waals surface area contributed by atoms with Gasteiger partial charge in [0.1, 0.15) is 17.8 Å². The molecular formula is C32H45N5O9. The van der Waals surface area contributed by atoms with E-state index in [0.29, 0.717) is 37.2 Å². The van der Waals surface area contributed by atoms with Crippen LogP contribution in [0.15, 0.2) is 54.6 Å². The fraction of sp³-hybridized carbons (Fsp3) is 0.469. The molecule has 0 heterocycles. The van der Waals surface area contributed by atoms with Crippen molar-refractivity contribution in [3.8, 4) is 0 Å². The van der Waals surface area contributed by atoms with Gasteiger partial charge in [0.2, 0.25) is 0 Å². The van der Waals surface area contributed by atoms with Crippen molar-refractivity contribution in [2.45, 2.75) is 85.0 Å². The quantitative estimate of drug-likeness (QED) is 0.0993. The van der Waals surface area contributed by atoms with Gasteiger partial charge in [0, 0.05) is 13.1 Å². The number of carboxylic acid groups (broad SMARTS) is 1. The highest BCUT2D eigenvalue weighted by molar-refractivity contribution is 5.97. The van der Waals surface area contributed by atoms with Crippen molar-refractivity contribution in [2.24, 2.45) is 0 Å². The van der Waals surface area contributed by atoms with Crippen LogP contribution in [0.3, 0.4) is 0 Å². The first-order valence-corrected chi connectivity index (χ1v) is 14.9. The number of esters is 1. The summed E-state index contributed by atoms with van der Waals surface area (Å²) in [6, 6.07) is 13.8. The lowest BCUT2D eigenvalue weighted by Gasteiger charge is -2.28. The monoisotopic (exact) mass is 643 g/mol. The number of alkyl carbamates (subject to hydrolysis) is 1. The second-order valence-electron chi connectivity index (χ2n) is 12.3. The number of ether oxygens (including phenoxy) is 3. The lowest BCUT2D eigenvalue weighted by Crippen LogP contribution is -2.57. The maximum atomic E-state index is 13.4. The van der Waals surface area contributed by atoms with Crippen LogP contribution in [0.4, 0.5) is 24.9 Å². The predicted octanol–water partition coefficient (Wildman–Crippen LogP) is 5.98. The number of carbonyl (C=O) groups is 5. The second kappa shape index (κ2) is 17.5. The molecule has 14 heteroatoms. The summed E-state index contributed by atoms with van der Waals surface area (Å²) in [6.45, 7) is 10.6. The minimum absolute atomic E-state index is 0.0259. The molecule has 2 rings (SSSR count). The van der Waals surface area contributed by atoms with Crippen molar-refractivity contribution >= 4 is 36.0 Å². The third-order valence-corrected chi connectivity index (χ3v) is 5.80. The number of nitrogens with zero attached hydrogens (tertiary/aromatic N) is 2. The molecular weight excluding hydrogens is 598 g/mol. The summed E-state index contributed by atoms with van der Waals surface area (Å²) in [5.41, 5.74) is 4.02. The van der Waals surface area contributed by atoms with Crippen molar-refractivity contribution in [2.75, 3.05) is 18.1 Å². The summed E-state index contributed by atoms with van der Waals surface area (Å²) in [5.74, 6) is -0.670. The minimum atomic E-state index is -1.42. The first-order valence-electron chi connectivity index (χ1n) is 14.9. The molecule has 5 amide bonds. The van der Waals surface area contributed by atoms with Crippen molar-refractivity contribution in [3.05, 3.63) is 65.7 Å². The zero-order chi connectivity index (χ0) is 34.3. The summed E-state index contributed by atoms with van der Waals surface area (Å²) < 4.78 is 15.8. The molecule has 0 aromatic heterocycles. The minimum Gasteiger partial charge on any atom is -0.464 e. The molecule has 46 heavy (non-hydrogen) atoms. The first kappa shape index (κ1) is 37.2. The van der Waals surface area contributed by atoms with Gasteiger partial charge in [0.25, 0.3) is 0 Å². The van der Waals surface area contributed by atoms with Crippen molar-refractivity contribution in [1.29, 1.82) is 0 Å². The molecule has 0 saturated heterocycles. The van der Waals surface area contributed by atoms with E-state index < -0.39 is 41.5 Å². The third kappa shape index (κ3) is 14.6. The Balaban J connectivity index is 2.05. The van der Waals surface area contributed by atoms with Crippen LogP contribution in [-0.2, 0) is 20.8 Å². The zero-order valence-corrected chi connectivity index (χ0v) is 27.3. The van der Waals surface area contributed by atoms with E-state index in [2.05, 4.69) is 16.2 Å². The van der Waals surface area contributed by atoms with E-state index in [4.69, 9.17) is 14.2 Å². The molecule has 0 radical (unpaired) electrons. The summed E-state index contributed by atoms with van der Waals surface area (Å²) in [6.07, 6.45) is -0.555. The first-order chi connectivity index (χ1) is 21.5. The SMILES string of the molecule is CC(C)(C)OC(=O)NCCCCCCN(NC(=O)N(NC(=O)OC(C)(C)C)c1cccc(C(=O)OCc2ccccc2)c1)C(=O)O. The number of benzene rings is 2. The van der Waals surface area contributed by atoms with Gasteiger partial charge in [-0.2, -0.15) is 5.01 Å². The smallest absolute Gasteiger partial charge is 0.427 e. The van der Waals surface area contributed by atoms with Crippen molar-refractivity contribution < 1.29 is 43.3 Å². The Hall–Kier alpha value is -5.01. The predicted molar refractivity (Wildman–Crippen MR) is 170 cm³/mol. The van der Waals surface area contributed by atoms with Crippen LogP contribution in [0.2, 0.25) is 0 Å². The highest BCUT2D eigenvalue weighted by Gasteiger charge is 2.26. The van der Waals surface area contributed by atoms with E-state index in [-0.39, 0.29) is 24.4 Å². The summed E-state index contributed by atoms with van der Waals surface area (Å²) in [5, 5.41) is 13.8. The number of unbranched alkanes of at least 4 members (excludes halogenated alkanes) is 3. The van der Waals surface area contributed by atoms with E-state index in [1.807, 2.05) is 18.2 Å². The lowest BCUT2D eigenvalue weighted by molar-refractivity contribution is 0.0470. The molecule has 0 aliphatic heterocycles. The van der Waals surface area contributed by atoms with E-state index >= 15 is 0 Å². The van der Waals surface area contributed by atoms with Gasteiger partial charge in [-0.05, 0) is 78.1 Å². The van der Waals surface area contributed by atoms with Crippen LogP contribution < -0.4 is 21.2 Å². The van der Waals surface area contributed by atoms with Crippen LogP contribution in [0.25, 0.3) is 0 Å². The molecule has 0 unspecified atom stereocenters. The number of anilines is 1. The van der Waals surface area contributed by atoms with Crippen molar-refractivity contribution in [3.63, 3.8) is 0 Å². The highest BCUT2D eigenvalue weighted by atomic mass is 16.6. The third-order valence-electron chi connectivity index (χ3n) is 5.80. The molecule has 0 spiro atoms. The molecule has 0 saturated carbocycles. The summed E-state index contributed by atoms with van der Waals surface area (Å²) >= 11 is 0. The topological polar surface area (TPSA) is 176 Å². The molecule has 2 aromatic rings. The van der Waals surface area contributed by atoms with Gasteiger partial charge >= 0.3 is 30.3 Å². The van der Waals surface area contributed by atoms with Gasteiger partial charge in [-0.3, -0.25) is 0 Å². The fourth-order valence-corrected chi connectivity index (χ4v) is 3.82. The van der Waals surface area contributed by atoms with E-state index in [1.54, 1.807) is 53.7 Å². The largest absolute Gasteiger partial charge is 0.464 e. The molecule has 0 aliphatic carbocycles. The van der Waals surface area contributed by atoms with Gasteiger partial charge < -0.3 is 24.6 Å². The molecule has 0 atom stereocenters. The standard InChI is InChI=1S/C32H45N5O9/c1-31(2,3)45-28(40)33-19-12-7-8-13-20-36(30(42)43)34-27(39)37(35-29(41)46-32(4,5)6)25-18-14-17-24(21-25)26(38)44-22-23-15-10-9-11-16-23/h9-11,14-18,21H,7-8,12-13,19-20,22H2,1-6H3,(H,33,40)(H,34,39)(H,35,41)(H,42,43). The normalized spacial score (nSPS) is 11.1. The molecule has 4 N–H and O–H groups in total. The Bertz CT molecular complexity index is 1320. The summed E-state index contributed by atoms with van der Waals surface area (Å²) in [4.78, 5) is 62.5. The van der Waals surface area contributed by atoms with Gasteiger partial charge in [0.15, 0.2) is 0 Å². The van der Waals surface area contributed by atoms with Crippen LogP contribution in [0, 0.1) is 0 Å². The molecule has 0 fully saturated rings. The fourth-order valence-electron chi connectivity index (χ4n) is 3.82. The average molecular weight is 644 g/mol. The van der Waals surface area contributed by atoms with E-state index in [9.17, 15) is 29.1 Å². The highest BCUT2D eigenvalue weighted by Crippen LogP contribution is 2.18. The maximum Gasteiger partial charge on any atom is 0.427 e. The molecule has 0 bridgehead atoms. The number of hydrogen-bond donors (Lipinski definition) is 4. The molecule has 252 valence electrons. The number of hydrogen-bond acceptors (Lipinski definition) is 8. The Kier molecular flexibility index (Phi) is 14.1. The van der Waals surface area contributed by atoms with Gasteiger partial charge in [-0.25, -0.2) is 39.8 Å². The average Bonchev–Trinajstić information content (AvgIpc) is 2.96. The Morgan fingerprint density at radius 2 is 1.39 bits per heavy atom. The second-order valence-corrected chi connectivity index (χ2v) is 12.3. The van der Waals surface area contributed by atoms with Gasteiger partial charge in [0.05, 0.1) is 11.3 Å². The van der Waals surface area contributed by atoms with Crippen LogP contribution in [0.1, 0.15) is 83.1 Å². The van der Waals surface area contributed by atoms with Crippen LogP contribution in [-0.4, -0.2) is 64.7 Å². The van der Waals surface area contributed by atoms with E-state index in [0.717, 1.165) is 10.6 Å². The zero-order valence-electron chi connectivity index (χ0n) is 27.3. The number of amides is 5. The number of rotatable bonds is 11. The molecule has 0 aliphatic rings. The summed E-state index contributed by atoms with van der Waals surface area (Å²) in [7, 11) is 0. The number of hydrazine groups is 2. The van der Waals surface area contributed by atoms with E-state index in [1.165, 1.54) is 24.3 Å². The van der Waals surface area contributed by atoms with Crippen molar-refractivity contribution in [1.82, 2.24) is 21.2 Å². The Morgan fingerprint density at radius 3 is 2.02 bits per heavy atom. The Labute approximate surface area is 269 Å². The van der Waals surface area contributed by atoms with Crippen LogP contribution >= 0.6 is 0 Å². The number of nitrogens with one attached hydrogen (secondary N) is 3. The van der Waals surface area contributed by atoms with Gasteiger partial charge in [-0.1, -0.05) is 49.2 Å². The molecule has 14 nitrogen and oxygen atoms in total. The number of carbonyl (C=O) groups excluding carboxylic acids is 4.